The van der Waals surface area contributed by atoms with Crippen LogP contribution in [0.5, 0.6) is 0 Å². The molecule has 1 heterocycles. The molecule has 1 amide bonds. The first-order valence-corrected chi connectivity index (χ1v) is 6.54. The summed E-state index contributed by atoms with van der Waals surface area (Å²) in [6.07, 6.45) is 0.00953. The molecule has 0 saturated heterocycles. The average molecular weight is 345 g/mol. The molecule has 0 aliphatic carbocycles. The van der Waals surface area contributed by atoms with Crippen molar-refractivity contribution < 1.29 is 18.1 Å². The summed E-state index contributed by atoms with van der Waals surface area (Å²) in [5.41, 5.74) is 1.18. The fourth-order valence-corrected chi connectivity index (χ4v) is 2.07. The van der Waals surface area contributed by atoms with Crippen LogP contribution in [0.3, 0.4) is 0 Å². The highest BCUT2D eigenvalue weighted by atomic mass is 79.9. The highest BCUT2D eigenvalue weighted by Gasteiger charge is 2.15. The van der Waals surface area contributed by atoms with Gasteiger partial charge in [0, 0.05) is 11.6 Å². The molecule has 1 N–H and O–H groups in total. The first-order valence-electron chi connectivity index (χ1n) is 5.74. The van der Waals surface area contributed by atoms with Crippen molar-refractivity contribution in [1.29, 1.82) is 0 Å². The predicted octanol–water partition coefficient (Wildman–Crippen LogP) is 3.51. The Labute approximate surface area is 122 Å². The quantitative estimate of drug-likeness (QED) is 0.866. The summed E-state index contributed by atoms with van der Waals surface area (Å²) in [7, 11) is 0. The summed E-state index contributed by atoms with van der Waals surface area (Å²) >= 11 is 2.94. The van der Waals surface area contributed by atoms with Crippen LogP contribution in [0.15, 0.2) is 21.1 Å². The van der Waals surface area contributed by atoms with Crippen molar-refractivity contribution in [2.75, 3.05) is 5.32 Å². The molecule has 0 bridgehead atoms. The van der Waals surface area contributed by atoms with Gasteiger partial charge in [-0.15, -0.1) is 0 Å². The lowest BCUT2D eigenvalue weighted by Gasteiger charge is -2.07. The van der Waals surface area contributed by atoms with Gasteiger partial charge in [-0.1, -0.05) is 5.16 Å². The minimum absolute atomic E-state index is 0.00953. The number of halogens is 3. The number of aryl methyl sites for hydroxylation is 2. The van der Waals surface area contributed by atoms with Gasteiger partial charge in [0.1, 0.15) is 17.4 Å². The standard InChI is InChI=1S/C13H11BrF2N2O2/c1-6-8(7(2)20-18-6)3-13(19)17-12-4-9(14)10(15)5-11(12)16/h4-5H,3H2,1-2H3,(H,17,19). The number of anilines is 1. The van der Waals surface area contributed by atoms with Gasteiger partial charge in [0.2, 0.25) is 5.91 Å². The summed E-state index contributed by atoms with van der Waals surface area (Å²) < 4.78 is 31.6. The zero-order valence-corrected chi connectivity index (χ0v) is 12.3. The second-order valence-corrected chi connectivity index (χ2v) is 5.13. The Morgan fingerprint density at radius 2 is 2.05 bits per heavy atom. The van der Waals surface area contributed by atoms with E-state index in [1.807, 2.05) is 0 Å². The summed E-state index contributed by atoms with van der Waals surface area (Å²) in [5.74, 6) is -1.46. The van der Waals surface area contributed by atoms with E-state index >= 15 is 0 Å². The molecule has 0 saturated carbocycles. The van der Waals surface area contributed by atoms with E-state index in [0.717, 1.165) is 0 Å². The van der Waals surface area contributed by atoms with E-state index in [2.05, 4.69) is 26.4 Å². The van der Waals surface area contributed by atoms with E-state index < -0.39 is 17.5 Å². The molecular weight excluding hydrogens is 334 g/mol. The zero-order valence-electron chi connectivity index (χ0n) is 10.8. The van der Waals surface area contributed by atoms with Crippen LogP contribution in [-0.4, -0.2) is 11.1 Å². The Hall–Kier alpha value is -1.76. The van der Waals surface area contributed by atoms with Gasteiger partial charge < -0.3 is 9.84 Å². The number of aromatic nitrogens is 1. The summed E-state index contributed by atoms with van der Waals surface area (Å²) in [5, 5.41) is 6.12. The van der Waals surface area contributed by atoms with E-state index in [0.29, 0.717) is 23.1 Å². The average Bonchev–Trinajstić information content (AvgIpc) is 2.68. The summed E-state index contributed by atoms with van der Waals surface area (Å²) in [6, 6.07) is 1.88. The molecule has 0 unspecified atom stereocenters. The summed E-state index contributed by atoms with van der Waals surface area (Å²) in [4.78, 5) is 11.9. The highest BCUT2D eigenvalue weighted by Crippen LogP contribution is 2.24. The van der Waals surface area contributed by atoms with Crippen LogP contribution < -0.4 is 5.32 Å². The molecular formula is C13H11BrF2N2O2. The smallest absolute Gasteiger partial charge is 0.229 e. The molecule has 0 atom stereocenters. The number of carbonyl (C=O) groups is 1. The number of hydrogen-bond donors (Lipinski definition) is 1. The summed E-state index contributed by atoms with van der Waals surface area (Å²) in [6.45, 7) is 3.41. The van der Waals surface area contributed by atoms with Crippen LogP contribution in [0.4, 0.5) is 14.5 Å². The lowest BCUT2D eigenvalue weighted by molar-refractivity contribution is -0.115. The van der Waals surface area contributed by atoms with Crippen LogP contribution in [0.1, 0.15) is 17.0 Å². The van der Waals surface area contributed by atoms with E-state index in [1.165, 1.54) is 6.07 Å². The van der Waals surface area contributed by atoms with E-state index in [1.54, 1.807) is 13.8 Å². The highest BCUT2D eigenvalue weighted by molar-refractivity contribution is 9.10. The Bertz CT molecular complexity index is 651. The van der Waals surface area contributed by atoms with E-state index in [4.69, 9.17) is 4.52 Å². The maximum atomic E-state index is 13.5. The first-order chi connectivity index (χ1) is 9.38. The van der Waals surface area contributed by atoms with Crippen molar-refractivity contribution in [3.8, 4) is 0 Å². The van der Waals surface area contributed by atoms with Crippen LogP contribution >= 0.6 is 15.9 Å². The maximum Gasteiger partial charge on any atom is 0.229 e. The van der Waals surface area contributed by atoms with Gasteiger partial charge in [-0.05, 0) is 35.8 Å². The Morgan fingerprint density at radius 3 is 2.65 bits per heavy atom. The Morgan fingerprint density at radius 1 is 1.35 bits per heavy atom. The number of rotatable bonds is 3. The van der Waals surface area contributed by atoms with Crippen molar-refractivity contribution in [3.63, 3.8) is 0 Å². The van der Waals surface area contributed by atoms with Crippen molar-refractivity contribution in [3.05, 3.63) is 45.3 Å². The van der Waals surface area contributed by atoms with Crippen LogP contribution in [-0.2, 0) is 11.2 Å². The van der Waals surface area contributed by atoms with Crippen LogP contribution in [0.25, 0.3) is 0 Å². The first kappa shape index (κ1) is 14.6. The molecule has 2 aromatic rings. The van der Waals surface area contributed by atoms with Crippen LogP contribution in [0.2, 0.25) is 0 Å². The fraction of sp³-hybridized carbons (Fsp3) is 0.231. The minimum Gasteiger partial charge on any atom is -0.361 e. The number of amides is 1. The van der Waals surface area contributed by atoms with Crippen molar-refractivity contribution >= 4 is 27.5 Å². The van der Waals surface area contributed by atoms with E-state index in [-0.39, 0.29) is 16.6 Å². The van der Waals surface area contributed by atoms with Gasteiger partial charge in [-0.25, -0.2) is 8.78 Å². The molecule has 106 valence electrons. The second kappa shape index (κ2) is 5.70. The van der Waals surface area contributed by atoms with Gasteiger partial charge >= 0.3 is 0 Å². The maximum absolute atomic E-state index is 13.5. The van der Waals surface area contributed by atoms with Crippen molar-refractivity contribution in [2.24, 2.45) is 0 Å². The number of nitrogens with one attached hydrogen (secondary N) is 1. The van der Waals surface area contributed by atoms with Crippen molar-refractivity contribution in [1.82, 2.24) is 5.16 Å². The number of benzene rings is 1. The Kier molecular flexibility index (Phi) is 4.17. The molecule has 2 rings (SSSR count). The van der Waals surface area contributed by atoms with E-state index in [9.17, 15) is 13.6 Å². The predicted molar refractivity (Wildman–Crippen MR) is 72.4 cm³/mol. The number of carbonyl (C=O) groups excluding carboxylic acids is 1. The molecule has 0 aliphatic rings. The molecule has 4 nitrogen and oxygen atoms in total. The monoisotopic (exact) mass is 344 g/mol. The molecule has 0 spiro atoms. The zero-order chi connectivity index (χ0) is 14.9. The molecule has 1 aromatic carbocycles. The Balaban J connectivity index is 2.15. The SMILES string of the molecule is Cc1noc(C)c1CC(=O)Nc1cc(Br)c(F)cc1F. The van der Waals surface area contributed by atoms with Gasteiger partial charge in [-0.3, -0.25) is 4.79 Å². The van der Waals surface area contributed by atoms with Crippen LogP contribution in [0, 0.1) is 25.5 Å². The molecule has 0 fully saturated rings. The van der Waals surface area contributed by atoms with Gasteiger partial charge in [0.25, 0.3) is 0 Å². The molecule has 1 aromatic heterocycles. The lowest BCUT2D eigenvalue weighted by Crippen LogP contribution is -2.16. The minimum atomic E-state index is -0.835. The topological polar surface area (TPSA) is 55.1 Å². The van der Waals surface area contributed by atoms with Crippen molar-refractivity contribution in [2.45, 2.75) is 20.3 Å². The second-order valence-electron chi connectivity index (χ2n) is 4.27. The van der Waals surface area contributed by atoms with Gasteiger partial charge in [0.15, 0.2) is 0 Å². The lowest BCUT2D eigenvalue weighted by atomic mass is 10.1. The third-order valence-electron chi connectivity index (χ3n) is 2.80. The molecule has 7 heteroatoms. The molecule has 0 radical (unpaired) electrons. The fourth-order valence-electron chi connectivity index (χ4n) is 1.73. The van der Waals surface area contributed by atoms with Gasteiger partial charge in [0.05, 0.1) is 22.3 Å². The molecule has 20 heavy (non-hydrogen) atoms. The van der Waals surface area contributed by atoms with Gasteiger partial charge in [-0.2, -0.15) is 0 Å². The number of nitrogens with zero attached hydrogens (tertiary/aromatic N) is 1. The number of hydrogen-bond acceptors (Lipinski definition) is 3. The molecule has 0 aliphatic heterocycles. The third kappa shape index (κ3) is 3.04. The normalized spacial score (nSPS) is 10.7. The third-order valence-corrected chi connectivity index (χ3v) is 3.41. The largest absolute Gasteiger partial charge is 0.361 e.